The highest BCUT2D eigenvalue weighted by atomic mass is 16.3. The number of hydrogen-bond acceptors (Lipinski definition) is 2. The van der Waals surface area contributed by atoms with Gasteiger partial charge >= 0.3 is 0 Å². The van der Waals surface area contributed by atoms with Gasteiger partial charge in [0, 0.05) is 33.3 Å². The van der Waals surface area contributed by atoms with Crippen molar-refractivity contribution in [3.63, 3.8) is 0 Å². The molecule has 242 valence electrons. The van der Waals surface area contributed by atoms with E-state index in [4.69, 9.17) is 4.42 Å². The van der Waals surface area contributed by atoms with E-state index in [0.29, 0.717) is 0 Å². The molecule has 8 aromatic carbocycles. The van der Waals surface area contributed by atoms with Crippen LogP contribution in [0.5, 0.6) is 0 Å². The second-order valence-corrected chi connectivity index (χ2v) is 13.0. The van der Waals surface area contributed by atoms with Crippen LogP contribution in [0.1, 0.15) is 11.1 Å². The van der Waals surface area contributed by atoms with Crippen molar-refractivity contribution < 1.29 is 4.42 Å². The van der Waals surface area contributed by atoms with Crippen LogP contribution in [0.3, 0.4) is 0 Å². The van der Waals surface area contributed by atoms with Crippen molar-refractivity contribution in [1.29, 1.82) is 0 Å². The van der Waals surface area contributed by atoms with Crippen molar-refractivity contribution in [2.75, 3.05) is 4.90 Å². The van der Waals surface area contributed by atoms with Gasteiger partial charge < -0.3 is 9.32 Å². The first-order chi connectivity index (χ1) is 25.2. The highest BCUT2D eigenvalue weighted by molar-refractivity contribution is 6.10. The molecule has 0 fully saturated rings. The molecule has 0 aliphatic carbocycles. The zero-order valence-electron chi connectivity index (χ0n) is 28.4. The normalized spacial score (nSPS) is 11.6. The maximum absolute atomic E-state index is 6.41. The third kappa shape index (κ3) is 5.39. The Hall–Kier alpha value is -6.64. The lowest BCUT2D eigenvalue weighted by atomic mass is 9.96. The maximum Gasteiger partial charge on any atom is 0.143 e. The summed E-state index contributed by atoms with van der Waals surface area (Å²) in [6.07, 6.45) is 5.95. The van der Waals surface area contributed by atoms with Gasteiger partial charge in [0.2, 0.25) is 0 Å². The first kappa shape index (κ1) is 30.4. The fourth-order valence-electron chi connectivity index (χ4n) is 7.40. The van der Waals surface area contributed by atoms with Crippen LogP contribution in [0, 0.1) is 6.92 Å². The third-order valence-corrected chi connectivity index (χ3v) is 9.97. The molecule has 51 heavy (non-hydrogen) atoms. The highest BCUT2D eigenvalue weighted by Crippen LogP contribution is 2.43. The van der Waals surface area contributed by atoms with Gasteiger partial charge in [-0.2, -0.15) is 0 Å². The van der Waals surface area contributed by atoms with E-state index in [2.05, 4.69) is 176 Å². The molecule has 0 atom stereocenters. The van der Waals surface area contributed by atoms with E-state index in [1.165, 1.54) is 32.7 Å². The van der Waals surface area contributed by atoms with Crippen LogP contribution >= 0.6 is 0 Å². The summed E-state index contributed by atoms with van der Waals surface area (Å²) in [6.45, 7) is 6.05. The first-order valence-electron chi connectivity index (χ1n) is 17.4. The summed E-state index contributed by atoms with van der Waals surface area (Å²) in [4.78, 5) is 2.37. The second-order valence-electron chi connectivity index (χ2n) is 13.0. The predicted octanol–water partition coefficient (Wildman–Crippen LogP) is 14.2. The number of furan rings is 1. The van der Waals surface area contributed by atoms with Gasteiger partial charge in [0.1, 0.15) is 11.2 Å². The summed E-state index contributed by atoms with van der Waals surface area (Å²) in [5.41, 5.74) is 12.0. The van der Waals surface area contributed by atoms with E-state index in [-0.39, 0.29) is 0 Å². The van der Waals surface area contributed by atoms with E-state index >= 15 is 0 Å². The van der Waals surface area contributed by atoms with Crippen LogP contribution in [-0.2, 0) is 0 Å². The molecule has 0 saturated carbocycles. The molecule has 0 bridgehead atoms. The Labute approximate surface area is 297 Å². The summed E-state index contributed by atoms with van der Waals surface area (Å²) >= 11 is 0. The average molecular weight is 654 g/mol. The van der Waals surface area contributed by atoms with E-state index in [1.807, 2.05) is 24.3 Å². The monoisotopic (exact) mass is 653 g/mol. The van der Waals surface area contributed by atoms with Crippen molar-refractivity contribution in [1.82, 2.24) is 0 Å². The van der Waals surface area contributed by atoms with E-state index < -0.39 is 0 Å². The van der Waals surface area contributed by atoms with Crippen LogP contribution < -0.4 is 4.90 Å². The standard InChI is InChI=1S/C49H35NO/c1-3-4-12-36-32-40(27-21-33(36)2)50(39-28-24-35(25-29-39)44-17-11-18-46-45-16-8-10-20-48(45)51-49(44)46)47-19-9-7-15-43(47)38-26-30-42-37(31-38)23-22-34-13-5-6-14-41(34)42/h3-32H,1H2,2H3/b12-4-. The minimum atomic E-state index is 0.905. The third-order valence-electron chi connectivity index (χ3n) is 9.97. The van der Waals surface area contributed by atoms with Crippen LogP contribution in [0.4, 0.5) is 17.1 Å². The molecule has 0 amide bonds. The SMILES string of the molecule is C=C/C=C\c1cc(N(c2ccc(-c3cccc4c3oc3ccccc34)cc2)c2ccccc2-c2ccc3c(ccc4ccccc43)c2)ccc1C. The fraction of sp³-hybridized carbons (Fsp3) is 0.0204. The minimum Gasteiger partial charge on any atom is -0.455 e. The van der Waals surface area contributed by atoms with Gasteiger partial charge in [-0.15, -0.1) is 0 Å². The molecular weight excluding hydrogens is 619 g/mol. The Bertz CT molecular complexity index is 2780. The Kier molecular flexibility index (Phi) is 7.56. The molecule has 9 aromatic rings. The molecule has 0 aliphatic rings. The van der Waals surface area contributed by atoms with Crippen molar-refractivity contribution in [2.45, 2.75) is 6.92 Å². The van der Waals surface area contributed by atoms with Gasteiger partial charge in [0.15, 0.2) is 0 Å². The average Bonchev–Trinajstić information content (AvgIpc) is 3.57. The van der Waals surface area contributed by atoms with Crippen molar-refractivity contribution in [3.05, 3.63) is 194 Å². The molecular formula is C49H35NO. The molecule has 0 N–H and O–H groups in total. The molecule has 1 aromatic heterocycles. The summed E-state index contributed by atoms with van der Waals surface area (Å²) in [5, 5.41) is 7.28. The van der Waals surface area contributed by atoms with Gasteiger partial charge in [-0.3, -0.25) is 0 Å². The Morgan fingerprint density at radius 3 is 2.10 bits per heavy atom. The predicted molar refractivity (Wildman–Crippen MR) is 218 cm³/mol. The quantitative estimate of drug-likeness (QED) is 0.126. The van der Waals surface area contributed by atoms with Gasteiger partial charge in [-0.1, -0.05) is 146 Å². The van der Waals surface area contributed by atoms with Gasteiger partial charge in [0.05, 0.1) is 5.69 Å². The van der Waals surface area contributed by atoms with Crippen LogP contribution in [-0.4, -0.2) is 0 Å². The van der Waals surface area contributed by atoms with Crippen LogP contribution in [0.2, 0.25) is 0 Å². The van der Waals surface area contributed by atoms with Gasteiger partial charge in [0.25, 0.3) is 0 Å². The van der Waals surface area contributed by atoms with Crippen molar-refractivity contribution >= 4 is 66.6 Å². The van der Waals surface area contributed by atoms with Crippen LogP contribution in [0.15, 0.2) is 187 Å². The number of para-hydroxylation sites is 3. The van der Waals surface area contributed by atoms with Crippen LogP contribution in [0.25, 0.3) is 71.8 Å². The zero-order chi connectivity index (χ0) is 34.3. The lowest BCUT2D eigenvalue weighted by Crippen LogP contribution is -2.11. The van der Waals surface area contributed by atoms with E-state index in [0.717, 1.165) is 61.3 Å². The smallest absolute Gasteiger partial charge is 0.143 e. The number of nitrogens with zero attached hydrogens (tertiary/aromatic N) is 1. The lowest BCUT2D eigenvalue weighted by molar-refractivity contribution is 0.670. The number of anilines is 3. The van der Waals surface area contributed by atoms with Gasteiger partial charge in [-0.25, -0.2) is 0 Å². The number of allylic oxidation sites excluding steroid dienone is 2. The fourth-order valence-corrected chi connectivity index (χ4v) is 7.40. The van der Waals surface area contributed by atoms with Gasteiger partial charge in [-0.05, 0) is 93.2 Å². The molecule has 0 aliphatic heterocycles. The summed E-state index contributed by atoms with van der Waals surface area (Å²) in [5.74, 6) is 0. The molecule has 1 heterocycles. The van der Waals surface area contributed by atoms with E-state index in [1.54, 1.807) is 0 Å². The minimum absolute atomic E-state index is 0.905. The molecule has 9 rings (SSSR count). The molecule has 2 nitrogen and oxygen atoms in total. The molecule has 0 spiro atoms. The Morgan fingerprint density at radius 1 is 0.529 bits per heavy atom. The number of fused-ring (bicyclic) bond motifs is 6. The maximum atomic E-state index is 6.41. The molecule has 0 saturated heterocycles. The first-order valence-corrected chi connectivity index (χ1v) is 17.4. The molecule has 0 unspecified atom stereocenters. The highest BCUT2D eigenvalue weighted by Gasteiger charge is 2.19. The summed E-state index contributed by atoms with van der Waals surface area (Å²) in [7, 11) is 0. The number of rotatable bonds is 7. The second kappa shape index (κ2) is 12.7. The number of hydrogen-bond donors (Lipinski definition) is 0. The van der Waals surface area contributed by atoms with Crippen molar-refractivity contribution in [2.24, 2.45) is 0 Å². The topological polar surface area (TPSA) is 16.4 Å². The zero-order valence-corrected chi connectivity index (χ0v) is 28.4. The lowest BCUT2D eigenvalue weighted by Gasteiger charge is -2.28. The summed E-state index contributed by atoms with van der Waals surface area (Å²) < 4.78 is 6.41. The molecule has 2 heteroatoms. The van der Waals surface area contributed by atoms with E-state index in [9.17, 15) is 0 Å². The summed E-state index contributed by atoms with van der Waals surface area (Å²) in [6, 6.07) is 58.8. The molecule has 0 radical (unpaired) electrons. The van der Waals surface area contributed by atoms with Crippen molar-refractivity contribution in [3.8, 4) is 22.3 Å². The Morgan fingerprint density at radius 2 is 1.22 bits per heavy atom. The Balaban J connectivity index is 1.20. The number of benzene rings is 8. The largest absolute Gasteiger partial charge is 0.455 e. The number of aryl methyl sites for hydroxylation is 1.